The minimum Gasteiger partial charge on any atom is -0.391 e. The lowest BCUT2D eigenvalue weighted by Gasteiger charge is -2.14. The molecule has 0 saturated heterocycles. The normalized spacial score (nSPS) is 12.4. The van der Waals surface area contributed by atoms with Crippen LogP contribution in [-0.4, -0.2) is 33.2 Å². The molecule has 1 rings (SSSR count). The fraction of sp³-hybridized carbons (Fsp3) is 0.615. The van der Waals surface area contributed by atoms with Gasteiger partial charge in [-0.1, -0.05) is 13.3 Å². The summed E-state index contributed by atoms with van der Waals surface area (Å²) >= 11 is 0. The molecule has 20 heavy (non-hydrogen) atoms. The predicted octanol–water partition coefficient (Wildman–Crippen LogP) is 1.87. The zero-order valence-corrected chi connectivity index (χ0v) is 12.0. The Balaban J connectivity index is 2.83. The molecule has 0 radical (unpaired) electrons. The van der Waals surface area contributed by atoms with E-state index in [0.717, 1.165) is 6.42 Å². The third-order valence-electron chi connectivity index (χ3n) is 2.95. The van der Waals surface area contributed by atoms with Gasteiger partial charge in [-0.25, -0.2) is 0 Å². The van der Waals surface area contributed by atoms with Gasteiger partial charge in [-0.3, -0.25) is 14.9 Å². The van der Waals surface area contributed by atoms with E-state index in [0.29, 0.717) is 6.42 Å². The van der Waals surface area contributed by atoms with Gasteiger partial charge in [0.2, 0.25) is 0 Å². The van der Waals surface area contributed by atoms with Crippen LogP contribution in [0.15, 0.2) is 12.3 Å². The Labute approximate surface area is 117 Å². The number of amides is 1. The summed E-state index contributed by atoms with van der Waals surface area (Å²) in [7, 11) is 0. The van der Waals surface area contributed by atoms with Gasteiger partial charge in [-0.2, -0.15) is 0 Å². The lowest BCUT2D eigenvalue weighted by Crippen LogP contribution is -2.33. The second-order valence-corrected chi connectivity index (χ2v) is 4.99. The van der Waals surface area contributed by atoms with Crippen molar-refractivity contribution >= 4 is 11.6 Å². The highest BCUT2D eigenvalue weighted by Gasteiger charge is 2.21. The van der Waals surface area contributed by atoms with Crippen molar-refractivity contribution in [3.8, 4) is 0 Å². The first-order chi connectivity index (χ1) is 9.36. The van der Waals surface area contributed by atoms with Crippen LogP contribution in [0.4, 0.5) is 5.69 Å². The zero-order chi connectivity index (χ0) is 15.3. The first-order valence-electron chi connectivity index (χ1n) is 6.69. The smallest absolute Gasteiger partial charge is 0.287 e. The molecule has 1 unspecified atom stereocenters. The summed E-state index contributed by atoms with van der Waals surface area (Å²) in [5, 5.41) is 23.0. The van der Waals surface area contributed by atoms with Crippen LogP contribution in [0.25, 0.3) is 0 Å². The zero-order valence-electron chi connectivity index (χ0n) is 12.0. The molecule has 0 bridgehead atoms. The Morgan fingerprint density at radius 3 is 2.70 bits per heavy atom. The second-order valence-electron chi connectivity index (χ2n) is 4.99. The Morgan fingerprint density at radius 1 is 1.55 bits per heavy atom. The summed E-state index contributed by atoms with van der Waals surface area (Å²) in [4.78, 5) is 22.3. The van der Waals surface area contributed by atoms with E-state index >= 15 is 0 Å². The summed E-state index contributed by atoms with van der Waals surface area (Å²) in [5.74, 6) is -0.415. The van der Waals surface area contributed by atoms with Gasteiger partial charge in [-0.05, 0) is 20.3 Å². The summed E-state index contributed by atoms with van der Waals surface area (Å²) < 4.78 is 1.56. The molecule has 112 valence electrons. The quantitative estimate of drug-likeness (QED) is 0.589. The van der Waals surface area contributed by atoms with Crippen LogP contribution in [-0.2, 0) is 0 Å². The minimum absolute atomic E-state index is 0.0648. The molecule has 1 atom stereocenters. The molecular formula is C13H21N3O4. The molecule has 1 amide bonds. The van der Waals surface area contributed by atoms with E-state index in [4.69, 9.17) is 0 Å². The van der Waals surface area contributed by atoms with Gasteiger partial charge in [0.05, 0.1) is 17.2 Å². The first-order valence-corrected chi connectivity index (χ1v) is 6.69. The Bertz CT molecular complexity index is 482. The standard InChI is InChI=1S/C13H21N3O4/c1-4-5-11(17)7-14-13(18)12-6-10(16(19)20)8-15(12)9(2)3/h6,8-9,11,17H,4-5,7H2,1-3H3,(H,14,18). The SMILES string of the molecule is CCCC(O)CNC(=O)c1cc([N+](=O)[O-])cn1C(C)C. The Hall–Kier alpha value is -1.89. The molecule has 1 heterocycles. The number of aromatic nitrogens is 1. The van der Waals surface area contributed by atoms with Crippen molar-refractivity contribution in [3.05, 3.63) is 28.1 Å². The number of aliphatic hydroxyl groups is 1. The van der Waals surface area contributed by atoms with Crippen molar-refractivity contribution in [2.75, 3.05) is 6.54 Å². The number of aliphatic hydroxyl groups excluding tert-OH is 1. The van der Waals surface area contributed by atoms with Gasteiger partial charge in [-0.15, -0.1) is 0 Å². The van der Waals surface area contributed by atoms with E-state index in [-0.39, 0.29) is 24.0 Å². The van der Waals surface area contributed by atoms with Crippen LogP contribution in [0.2, 0.25) is 0 Å². The predicted molar refractivity (Wildman–Crippen MR) is 74.7 cm³/mol. The number of hydrogen-bond acceptors (Lipinski definition) is 4. The Morgan fingerprint density at radius 2 is 2.20 bits per heavy atom. The number of carbonyl (C=O) groups excluding carboxylic acids is 1. The van der Waals surface area contributed by atoms with Gasteiger partial charge in [0.15, 0.2) is 0 Å². The lowest BCUT2D eigenvalue weighted by atomic mass is 10.2. The van der Waals surface area contributed by atoms with Gasteiger partial charge in [0, 0.05) is 18.7 Å². The Kier molecular flexibility index (Phi) is 5.69. The van der Waals surface area contributed by atoms with Crippen molar-refractivity contribution in [2.24, 2.45) is 0 Å². The van der Waals surface area contributed by atoms with Crippen LogP contribution < -0.4 is 5.32 Å². The molecule has 0 aliphatic heterocycles. The molecule has 7 nitrogen and oxygen atoms in total. The monoisotopic (exact) mass is 283 g/mol. The molecule has 2 N–H and O–H groups in total. The van der Waals surface area contributed by atoms with Crippen molar-refractivity contribution < 1.29 is 14.8 Å². The van der Waals surface area contributed by atoms with Crippen LogP contribution in [0.3, 0.4) is 0 Å². The van der Waals surface area contributed by atoms with Gasteiger partial charge >= 0.3 is 0 Å². The molecule has 0 aliphatic rings. The molecule has 0 aliphatic carbocycles. The molecule has 0 fully saturated rings. The molecule has 1 aromatic rings. The maximum atomic E-state index is 12.0. The summed E-state index contributed by atoms with van der Waals surface area (Å²) in [6.45, 7) is 5.76. The highest BCUT2D eigenvalue weighted by molar-refractivity contribution is 5.93. The first kappa shape index (κ1) is 16.2. The molecule has 0 aromatic carbocycles. The lowest BCUT2D eigenvalue weighted by molar-refractivity contribution is -0.384. The van der Waals surface area contributed by atoms with Crippen LogP contribution in [0.5, 0.6) is 0 Å². The van der Waals surface area contributed by atoms with Crippen LogP contribution in [0, 0.1) is 10.1 Å². The highest BCUT2D eigenvalue weighted by atomic mass is 16.6. The van der Waals surface area contributed by atoms with Crippen LogP contribution >= 0.6 is 0 Å². The number of nitro groups is 1. The van der Waals surface area contributed by atoms with Gasteiger partial charge in [0.1, 0.15) is 5.69 Å². The van der Waals surface area contributed by atoms with Crippen molar-refractivity contribution in [3.63, 3.8) is 0 Å². The maximum Gasteiger partial charge on any atom is 0.287 e. The van der Waals surface area contributed by atoms with E-state index < -0.39 is 16.9 Å². The average molecular weight is 283 g/mol. The van der Waals surface area contributed by atoms with E-state index in [1.54, 1.807) is 4.57 Å². The highest BCUT2D eigenvalue weighted by Crippen LogP contribution is 2.20. The fourth-order valence-electron chi connectivity index (χ4n) is 1.91. The van der Waals surface area contributed by atoms with E-state index in [1.165, 1.54) is 12.3 Å². The molecule has 7 heteroatoms. The number of hydrogen-bond donors (Lipinski definition) is 2. The van der Waals surface area contributed by atoms with Crippen molar-refractivity contribution in [1.82, 2.24) is 9.88 Å². The molecule has 0 spiro atoms. The summed E-state index contributed by atoms with van der Waals surface area (Å²) in [5.41, 5.74) is 0.119. The van der Waals surface area contributed by atoms with E-state index in [9.17, 15) is 20.0 Å². The molecule has 0 saturated carbocycles. The third kappa shape index (κ3) is 4.06. The molecular weight excluding hydrogens is 262 g/mol. The van der Waals surface area contributed by atoms with Crippen LogP contribution in [0.1, 0.15) is 50.1 Å². The number of nitrogens with one attached hydrogen (secondary N) is 1. The van der Waals surface area contributed by atoms with Gasteiger partial charge in [0.25, 0.3) is 11.6 Å². The number of nitrogens with zero attached hydrogens (tertiary/aromatic N) is 2. The maximum absolute atomic E-state index is 12.0. The summed E-state index contributed by atoms with van der Waals surface area (Å²) in [6, 6.07) is 1.19. The number of rotatable bonds is 7. The molecule has 1 aromatic heterocycles. The average Bonchev–Trinajstić information content (AvgIpc) is 2.81. The third-order valence-corrected chi connectivity index (χ3v) is 2.95. The minimum atomic E-state index is -0.596. The number of carbonyl (C=O) groups is 1. The van der Waals surface area contributed by atoms with E-state index in [1.807, 2.05) is 20.8 Å². The summed E-state index contributed by atoms with van der Waals surface area (Å²) in [6.07, 6.45) is 2.18. The topological polar surface area (TPSA) is 97.4 Å². The van der Waals surface area contributed by atoms with E-state index in [2.05, 4.69) is 5.32 Å². The van der Waals surface area contributed by atoms with Gasteiger partial charge < -0.3 is 15.0 Å². The second kappa shape index (κ2) is 7.04. The largest absolute Gasteiger partial charge is 0.391 e. The van der Waals surface area contributed by atoms with Crippen molar-refractivity contribution in [1.29, 1.82) is 0 Å². The fourth-order valence-corrected chi connectivity index (χ4v) is 1.91. The van der Waals surface area contributed by atoms with Crippen molar-refractivity contribution in [2.45, 2.75) is 45.8 Å².